The van der Waals surface area contributed by atoms with Crippen molar-refractivity contribution in [3.63, 3.8) is 0 Å². The fourth-order valence-corrected chi connectivity index (χ4v) is 2.80. The van der Waals surface area contributed by atoms with Gasteiger partial charge >= 0.3 is 0 Å². The van der Waals surface area contributed by atoms with Gasteiger partial charge in [0, 0.05) is 19.0 Å². The largest absolute Gasteiger partial charge is 0.337 e. The molecule has 0 aliphatic carbocycles. The Bertz CT molecular complexity index is 615. The molecule has 1 aromatic heterocycles. The van der Waals surface area contributed by atoms with E-state index in [0.717, 1.165) is 19.5 Å². The minimum absolute atomic E-state index is 0.0362. The van der Waals surface area contributed by atoms with Gasteiger partial charge < -0.3 is 4.90 Å². The van der Waals surface area contributed by atoms with Crippen LogP contribution in [-0.2, 0) is 0 Å². The molecule has 102 valence electrons. The first-order chi connectivity index (χ1) is 9.74. The van der Waals surface area contributed by atoms with Crippen molar-refractivity contribution in [3.05, 3.63) is 64.9 Å². The average molecular weight is 287 g/mol. The second-order valence-electron chi connectivity index (χ2n) is 4.99. The number of likely N-dealkylation sites (tertiary alicyclic amines) is 1. The molecule has 0 spiro atoms. The van der Waals surface area contributed by atoms with Crippen molar-refractivity contribution < 1.29 is 4.79 Å². The fourth-order valence-electron chi connectivity index (χ4n) is 2.63. The summed E-state index contributed by atoms with van der Waals surface area (Å²) in [7, 11) is 0. The van der Waals surface area contributed by atoms with Gasteiger partial charge in [-0.2, -0.15) is 0 Å². The van der Waals surface area contributed by atoms with Gasteiger partial charge in [0.25, 0.3) is 5.91 Å². The summed E-state index contributed by atoms with van der Waals surface area (Å²) in [6.07, 6.45) is 0.996. The maximum absolute atomic E-state index is 12.4. The summed E-state index contributed by atoms with van der Waals surface area (Å²) in [5.41, 5.74) is 1.72. The zero-order chi connectivity index (χ0) is 13.9. The molecule has 20 heavy (non-hydrogen) atoms. The normalized spacial score (nSPS) is 18.2. The molecule has 0 N–H and O–H groups in total. The Morgan fingerprint density at radius 1 is 1.15 bits per heavy atom. The van der Waals surface area contributed by atoms with Crippen molar-refractivity contribution >= 4 is 17.5 Å². The number of aromatic nitrogens is 1. The van der Waals surface area contributed by atoms with E-state index < -0.39 is 0 Å². The van der Waals surface area contributed by atoms with E-state index in [1.807, 2.05) is 23.1 Å². The highest BCUT2D eigenvalue weighted by molar-refractivity contribution is 6.29. The summed E-state index contributed by atoms with van der Waals surface area (Å²) in [4.78, 5) is 18.3. The maximum Gasteiger partial charge on any atom is 0.272 e. The first kappa shape index (κ1) is 13.1. The summed E-state index contributed by atoms with van der Waals surface area (Å²) in [6, 6.07) is 15.5. The molecule has 2 heterocycles. The van der Waals surface area contributed by atoms with Gasteiger partial charge in [0.1, 0.15) is 10.8 Å². The van der Waals surface area contributed by atoms with Crippen molar-refractivity contribution in [2.24, 2.45) is 0 Å². The molecule has 0 radical (unpaired) electrons. The molecule has 3 nitrogen and oxygen atoms in total. The monoisotopic (exact) mass is 286 g/mol. The molecule has 3 rings (SSSR count). The zero-order valence-corrected chi connectivity index (χ0v) is 11.8. The predicted molar refractivity (Wildman–Crippen MR) is 79.0 cm³/mol. The van der Waals surface area contributed by atoms with Gasteiger partial charge in [-0.3, -0.25) is 4.79 Å². The Labute approximate surface area is 123 Å². The molecule has 0 bridgehead atoms. The van der Waals surface area contributed by atoms with Crippen LogP contribution in [0, 0.1) is 0 Å². The zero-order valence-electron chi connectivity index (χ0n) is 11.0. The number of amides is 1. The summed E-state index contributed by atoms with van der Waals surface area (Å²) in [5.74, 6) is 0.380. The molecule has 0 saturated carbocycles. The van der Waals surface area contributed by atoms with E-state index in [-0.39, 0.29) is 5.91 Å². The number of rotatable bonds is 2. The van der Waals surface area contributed by atoms with Crippen molar-refractivity contribution in [1.29, 1.82) is 0 Å². The van der Waals surface area contributed by atoms with Crippen LogP contribution in [0.25, 0.3) is 0 Å². The third-order valence-corrected chi connectivity index (χ3v) is 3.89. The fraction of sp³-hybridized carbons (Fsp3) is 0.250. The average Bonchev–Trinajstić information content (AvgIpc) is 2.97. The van der Waals surface area contributed by atoms with Crippen LogP contribution >= 0.6 is 11.6 Å². The smallest absolute Gasteiger partial charge is 0.272 e. The lowest BCUT2D eigenvalue weighted by atomic mass is 9.99. The van der Waals surface area contributed by atoms with Gasteiger partial charge in [0.2, 0.25) is 0 Å². The number of nitrogens with zero attached hydrogens (tertiary/aromatic N) is 2. The highest BCUT2D eigenvalue weighted by Crippen LogP contribution is 2.27. The van der Waals surface area contributed by atoms with Gasteiger partial charge in [0.05, 0.1) is 0 Å². The molecule has 1 fully saturated rings. The molecular formula is C16H15ClN2O. The molecule has 1 atom stereocenters. The Hall–Kier alpha value is -1.87. The SMILES string of the molecule is O=C(c1cccc(Cl)n1)N1CCC(c2ccccc2)C1. The molecule has 1 aliphatic heterocycles. The number of carbonyl (C=O) groups excluding carboxylic acids is 1. The second-order valence-corrected chi connectivity index (χ2v) is 5.38. The van der Waals surface area contributed by atoms with Gasteiger partial charge in [-0.15, -0.1) is 0 Å². The molecular weight excluding hydrogens is 272 g/mol. The third kappa shape index (κ3) is 2.68. The highest BCUT2D eigenvalue weighted by Gasteiger charge is 2.28. The third-order valence-electron chi connectivity index (χ3n) is 3.68. The first-order valence-electron chi connectivity index (χ1n) is 6.71. The summed E-state index contributed by atoms with van der Waals surface area (Å²) in [6.45, 7) is 1.52. The molecule has 1 aromatic carbocycles. The Kier molecular flexibility index (Phi) is 3.70. The molecule has 4 heteroatoms. The molecule has 1 unspecified atom stereocenters. The van der Waals surface area contributed by atoms with Crippen LogP contribution in [0.4, 0.5) is 0 Å². The van der Waals surface area contributed by atoms with E-state index in [0.29, 0.717) is 16.8 Å². The Morgan fingerprint density at radius 3 is 2.70 bits per heavy atom. The van der Waals surface area contributed by atoms with E-state index in [1.54, 1.807) is 18.2 Å². The van der Waals surface area contributed by atoms with Crippen LogP contribution in [0.3, 0.4) is 0 Å². The maximum atomic E-state index is 12.4. The number of hydrogen-bond donors (Lipinski definition) is 0. The highest BCUT2D eigenvalue weighted by atomic mass is 35.5. The molecule has 1 saturated heterocycles. The number of halogens is 1. The second kappa shape index (κ2) is 5.63. The number of hydrogen-bond acceptors (Lipinski definition) is 2. The van der Waals surface area contributed by atoms with Crippen molar-refractivity contribution in [1.82, 2.24) is 9.88 Å². The predicted octanol–water partition coefficient (Wildman–Crippen LogP) is 3.36. The van der Waals surface area contributed by atoms with Crippen molar-refractivity contribution in [2.75, 3.05) is 13.1 Å². The van der Waals surface area contributed by atoms with Gasteiger partial charge in [-0.1, -0.05) is 48.0 Å². The van der Waals surface area contributed by atoms with Crippen molar-refractivity contribution in [2.45, 2.75) is 12.3 Å². The standard InChI is InChI=1S/C16H15ClN2O/c17-15-8-4-7-14(18-15)16(20)19-10-9-13(11-19)12-5-2-1-3-6-12/h1-8,13H,9-11H2. The molecule has 1 amide bonds. The lowest BCUT2D eigenvalue weighted by molar-refractivity contribution is 0.0785. The van der Waals surface area contributed by atoms with E-state index in [9.17, 15) is 4.79 Å². The molecule has 1 aliphatic rings. The quantitative estimate of drug-likeness (QED) is 0.793. The minimum Gasteiger partial charge on any atom is -0.337 e. The van der Waals surface area contributed by atoms with Gasteiger partial charge in [-0.25, -0.2) is 4.98 Å². The van der Waals surface area contributed by atoms with Gasteiger partial charge in [-0.05, 0) is 24.1 Å². The van der Waals surface area contributed by atoms with Crippen LogP contribution in [0.2, 0.25) is 5.15 Å². The van der Waals surface area contributed by atoms with Gasteiger partial charge in [0.15, 0.2) is 0 Å². The summed E-state index contributed by atoms with van der Waals surface area (Å²) in [5, 5.41) is 0.356. The van der Waals surface area contributed by atoms with Crippen LogP contribution < -0.4 is 0 Å². The van der Waals surface area contributed by atoms with E-state index >= 15 is 0 Å². The minimum atomic E-state index is -0.0362. The lowest BCUT2D eigenvalue weighted by Gasteiger charge is -2.16. The Balaban J connectivity index is 1.73. The number of benzene rings is 1. The first-order valence-corrected chi connectivity index (χ1v) is 7.08. The molecule has 2 aromatic rings. The van der Waals surface area contributed by atoms with Crippen LogP contribution in [0.1, 0.15) is 28.4 Å². The Morgan fingerprint density at radius 2 is 1.95 bits per heavy atom. The lowest BCUT2D eigenvalue weighted by Crippen LogP contribution is -2.29. The van der Waals surface area contributed by atoms with Crippen LogP contribution in [-0.4, -0.2) is 28.9 Å². The number of pyridine rings is 1. The van der Waals surface area contributed by atoms with E-state index in [1.165, 1.54) is 5.56 Å². The van der Waals surface area contributed by atoms with Crippen molar-refractivity contribution in [3.8, 4) is 0 Å². The summed E-state index contributed by atoms with van der Waals surface area (Å²) < 4.78 is 0. The summed E-state index contributed by atoms with van der Waals surface area (Å²) >= 11 is 5.84. The van der Waals surface area contributed by atoms with Crippen LogP contribution in [0.5, 0.6) is 0 Å². The van der Waals surface area contributed by atoms with E-state index in [2.05, 4.69) is 17.1 Å². The number of carbonyl (C=O) groups is 1. The van der Waals surface area contributed by atoms with E-state index in [4.69, 9.17) is 11.6 Å². The van der Waals surface area contributed by atoms with Crippen LogP contribution in [0.15, 0.2) is 48.5 Å². The topological polar surface area (TPSA) is 33.2 Å².